The van der Waals surface area contributed by atoms with Crippen molar-refractivity contribution in [3.63, 3.8) is 0 Å². The zero-order valence-corrected chi connectivity index (χ0v) is 17.7. The topological polar surface area (TPSA) is 72.0 Å². The standard InChI is InChI=1S/C21H16ClN3O2S2/c1-14-6-12-17(13-7-14)29(26,27)25-20-21(28-16-10-8-15(22)9-11-16)24-19-5-3-2-4-18(19)23-20/h2-13H,1H3,(H,23,25). The molecule has 0 aliphatic rings. The Morgan fingerprint density at radius 1 is 0.862 bits per heavy atom. The van der Waals surface area contributed by atoms with Crippen LogP contribution in [0.1, 0.15) is 5.56 Å². The molecule has 1 aromatic heterocycles. The summed E-state index contributed by atoms with van der Waals surface area (Å²) >= 11 is 7.28. The number of rotatable bonds is 5. The molecule has 0 spiro atoms. The first kappa shape index (κ1) is 19.7. The normalized spacial score (nSPS) is 11.5. The van der Waals surface area contributed by atoms with Gasteiger partial charge in [-0.25, -0.2) is 18.4 Å². The highest BCUT2D eigenvalue weighted by molar-refractivity contribution is 7.99. The van der Waals surface area contributed by atoms with Crippen molar-refractivity contribution >= 4 is 50.2 Å². The largest absolute Gasteiger partial charge is 0.263 e. The van der Waals surface area contributed by atoms with E-state index in [1.165, 1.54) is 11.8 Å². The van der Waals surface area contributed by atoms with Gasteiger partial charge in [-0.1, -0.05) is 53.2 Å². The van der Waals surface area contributed by atoms with E-state index in [2.05, 4.69) is 14.7 Å². The van der Waals surface area contributed by atoms with Gasteiger partial charge < -0.3 is 0 Å². The van der Waals surface area contributed by atoms with Crippen molar-refractivity contribution in [1.82, 2.24) is 9.97 Å². The molecule has 0 saturated heterocycles. The highest BCUT2D eigenvalue weighted by Gasteiger charge is 2.19. The second-order valence-corrected chi connectivity index (χ2v) is 9.52. The van der Waals surface area contributed by atoms with E-state index in [9.17, 15) is 8.42 Å². The second kappa shape index (κ2) is 8.02. The van der Waals surface area contributed by atoms with Gasteiger partial charge in [0.25, 0.3) is 10.0 Å². The lowest BCUT2D eigenvalue weighted by molar-refractivity contribution is 0.601. The number of para-hydroxylation sites is 2. The molecule has 0 amide bonds. The van der Waals surface area contributed by atoms with Crippen LogP contribution in [0, 0.1) is 6.92 Å². The number of halogens is 1. The van der Waals surface area contributed by atoms with Crippen LogP contribution in [0.25, 0.3) is 11.0 Å². The first-order valence-electron chi connectivity index (χ1n) is 8.70. The molecule has 1 N–H and O–H groups in total. The van der Waals surface area contributed by atoms with E-state index in [-0.39, 0.29) is 10.7 Å². The molecule has 0 atom stereocenters. The quantitative estimate of drug-likeness (QED) is 0.440. The molecule has 4 aromatic rings. The Hall–Kier alpha value is -2.61. The van der Waals surface area contributed by atoms with E-state index in [1.54, 1.807) is 42.5 Å². The number of benzene rings is 3. The van der Waals surface area contributed by atoms with Crippen molar-refractivity contribution in [1.29, 1.82) is 0 Å². The predicted octanol–water partition coefficient (Wildman–Crippen LogP) is 5.54. The summed E-state index contributed by atoms with van der Waals surface area (Å²) < 4.78 is 28.4. The molecular weight excluding hydrogens is 426 g/mol. The minimum atomic E-state index is -3.81. The van der Waals surface area contributed by atoms with E-state index < -0.39 is 10.0 Å². The van der Waals surface area contributed by atoms with Crippen LogP contribution in [0.2, 0.25) is 5.02 Å². The average molecular weight is 442 g/mol. The average Bonchev–Trinajstić information content (AvgIpc) is 2.70. The van der Waals surface area contributed by atoms with Gasteiger partial charge in [-0.15, -0.1) is 0 Å². The van der Waals surface area contributed by atoms with Crippen LogP contribution in [0.15, 0.2) is 87.6 Å². The van der Waals surface area contributed by atoms with Gasteiger partial charge in [0, 0.05) is 9.92 Å². The molecule has 0 saturated carbocycles. The van der Waals surface area contributed by atoms with Gasteiger partial charge in [0.2, 0.25) is 0 Å². The fraction of sp³-hybridized carbons (Fsp3) is 0.0476. The van der Waals surface area contributed by atoms with Crippen LogP contribution in [0.5, 0.6) is 0 Å². The fourth-order valence-corrected chi connectivity index (χ4v) is 4.67. The van der Waals surface area contributed by atoms with Crippen LogP contribution in [-0.2, 0) is 10.0 Å². The summed E-state index contributed by atoms with van der Waals surface area (Å²) in [4.78, 5) is 10.2. The Kier molecular flexibility index (Phi) is 5.45. The lowest BCUT2D eigenvalue weighted by atomic mass is 10.2. The molecule has 0 radical (unpaired) electrons. The Bertz CT molecular complexity index is 1280. The third-order valence-corrected chi connectivity index (χ3v) is 6.72. The maximum atomic E-state index is 12.9. The summed E-state index contributed by atoms with van der Waals surface area (Å²) in [6, 6.07) is 21.2. The van der Waals surface area contributed by atoms with E-state index >= 15 is 0 Å². The Morgan fingerprint density at radius 3 is 2.14 bits per heavy atom. The molecule has 0 aliphatic heterocycles. The van der Waals surface area contributed by atoms with E-state index in [1.807, 2.05) is 37.3 Å². The van der Waals surface area contributed by atoms with Crippen LogP contribution >= 0.6 is 23.4 Å². The Labute approximate surface area is 178 Å². The van der Waals surface area contributed by atoms with Gasteiger partial charge in [0.15, 0.2) is 5.82 Å². The first-order valence-corrected chi connectivity index (χ1v) is 11.4. The summed E-state index contributed by atoms with van der Waals surface area (Å²) in [5, 5.41) is 1.08. The number of fused-ring (bicyclic) bond motifs is 1. The van der Waals surface area contributed by atoms with E-state index in [0.717, 1.165) is 10.5 Å². The van der Waals surface area contributed by atoms with Crippen molar-refractivity contribution < 1.29 is 8.42 Å². The van der Waals surface area contributed by atoms with Crippen molar-refractivity contribution in [2.45, 2.75) is 21.7 Å². The van der Waals surface area contributed by atoms with Gasteiger partial charge >= 0.3 is 0 Å². The molecule has 0 aliphatic carbocycles. The lowest BCUT2D eigenvalue weighted by Gasteiger charge is -2.12. The molecule has 8 heteroatoms. The molecular formula is C21H16ClN3O2S2. The second-order valence-electron chi connectivity index (χ2n) is 6.34. The zero-order valence-electron chi connectivity index (χ0n) is 15.3. The summed E-state index contributed by atoms with van der Waals surface area (Å²) in [7, 11) is -3.81. The highest BCUT2D eigenvalue weighted by Crippen LogP contribution is 2.34. The molecule has 146 valence electrons. The summed E-state index contributed by atoms with van der Waals surface area (Å²) in [5.74, 6) is 0.184. The minimum Gasteiger partial charge on any atom is -0.261 e. The smallest absolute Gasteiger partial charge is 0.261 e. The summed E-state index contributed by atoms with van der Waals surface area (Å²) in [6.45, 7) is 1.90. The number of aryl methyl sites for hydroxylation is 1. The number of anilines is 1. The zero-order chi connectivity index (χ0) is 20.4. The minimum absolute atomic E-state index is 0.167. The Morgan fingerprint density at radius 2 is 1.48 bits per heavy atom. The van der Waals surface area contributed by atoms with Gasteiger partial charge in [0.05, 0.1) is 15.9 Å². The van der Waals surface area contributed by atoms with Crippen LogP contribution in [0.3, 0.4) is 0 Å². The van der Waals surface area contributed by atoms with Gasteiger partial charge in [-0.3, -0.25) is 4.72 Å². The highest BCUT2D eigenvalue weighted by atomic mass is 35.5. The van der Waals surface area contributed by atoms with Crippen LogP contribution < -0.4 is 4.72 Å². The van der Waals surface area contributed by atoms with Crippen LogP contribution in [0.4, 0.5) is 5.82 Å². The van der Waals surface area contributed by atoms with Crippen molar-refractivity contribution in [3.05, 3.63) is 83.4 Å². The van der Waals surface area contributed by atoms with Crippen molar-refractivity contribution in [3.8, 4) is 0 Å². The number of aromatic nitrogens is 2. The molecule has 0 fully saturated rings. The van der Waals surface area contributed by atoms with E-state index in [4.69, 9.17) is 11.6 Å². The third kappa shape index (κ3) is 4.53. The summed E-state index contributed by atoms with van der Waals surface area (Å²) in [6.07, 6.45) is 0. The molecule has 0 bridgehead atoms. The van der Waals surface area contributed by atoms with E-state index in [0.29, 0.717) is 21.1 Å². The number of sulfonamides is 1. The number of hydrogen-bond donors (Lipinski definition) is 1. The first-order chi connectivity index (χ1) is 13.9. The SMILES string of the molecule is Cc1ccc(S(=O)(=O)Nc2nc3ccccc3nc2Sc2ccc(Cl)cc2)cc1. The number of hydrogen-bond acceptors (Lipinski definition) is 5. The van der Waals surface area contributed by atoms with Crippen molar-refractivity contribution in [2.75, 3.05) is 4.72 Å². The van der Waals surface area contributed by atoms with Crippen LogP contribution in [-0.4, -0.2) is 18.4 Å². The molecule has 29 heavy (non-hydrogen) atoms. The number of nitrogens with one attached hydrogen (secondary N) is 1. The Balaban J connectivity index is 1.77. The summed E-state index contributed by atoms with van der Waals surface area (Å²) in [5.41, 5.74) is 2.27. The third-order valence-electron chi connectivity index (χ3n) is 4.13. The van der Waals surface area contributed by atoms with Gasteiger partial charge in [-0.2, -0.15) is 0 Å². The molecule has 5 nitrogen and oxygen atoms in total. The predicted molar refractivity (Wildman–Crippen MR) is 117 cm³/mol. The van der Waals surface area contributed by atoms with Crippen molar-refractivity contribution in [2.24, 2.45) is 0 Å². The van der Waals surface area contributed by atoms with Gasteiger partial charge in [-0.05, 0) is 55.5 Å². The lowest BCUT2D eigenvalue weighted by Crippen LogP contribution is -2.15. The molecule has 4 rings (SSSR count). The number of nitrogens with zero attached hydrogens (tertiary/aromatic N) is 2. The molecule has 3 aromatic carbocycles. The van der Waals surface area contributed by atoms with Gasteiger partial charge in [0.1, 0.15) is 5.03 Å². The fourth-order valence-electron chi connectivity index (χ4n) is 2.64. The molecule has 0 unspecified atom stereocenters. The monoisotopic (exact) mass is 441 g/mol. The maximum absolute atomic E-state index is 12.9. The molecule has 1 heterocycles. The maximum Gasteiger partial charge on any atom is 0.263 e.